The van der Waals surface area contributed by atoms with E-state index in [2.05, 4.69) is 13.8 Å². The molecule has 4 nitrogen and oxygen atoms in total. The molecule has 4 heteroatoms. The lowest BCUT2D eigenvalue weighted by molar-refractivity contribution is 0.0535. The number of hydrogen-bond donors (Lipinski definition) is 0. The van der Waals surface area contributed by atoms with Gasteiger partial charge in [0.25, 0.3) is 11.8 Å². The highest BCUT2D eigenvalue weighted by atomic mass is 16.2. The summed E-state index contributed by atoms with van der Waals surface area (Å²) in [6.45, 7) is 8.55. The topological polar surface area (TPSA) is 40.6 Å². The Morgan fingerprint density at radius 1 is 0.808 bits per heavy atom. The number of rotatable bonds is 3. The van der Waals surface area contributed by atoms with E-state index in [9.17, 15) is 9.59 Å². The van der Waals surface area contributed by atoms with Gasteiger partial charge in [-0.2, -0.15) is 0 Å². The van der Waals surface area contributed by atoms with Crippen LogP contribution in [0.1, 0.15) is 51.6 Å². The molecule has 0 saturated carbocycles. The van der Waals surface area contributed by atoms with Crippen molar-refractivity contribution < 1.29 is 9.59 Å². The molecule has 0 aromatic heterocycles. The van der Waals surface area contributed by atoms with Gasteiger partial charge in [0, 0.05) is 37.3 Å². The van der Waals surface area contributed by atoms with Crippen molar-refractivity contribution in [3.8, 4) is 0 Å². The minimum Gasteiger partial charge on any atom is -0.335 e. The van der Waals surface area contributed by atoms with Crippen LogP contribution in [0, 0.1) is 6.92 Å². The van der Waals surface area contributed by atoms with E-state index >= 15 is 0 Å². The van der Waals surface area contributed by atoms with Crippen LogP contribution in [0.15, 0.2) is 48.5 Å². The van der Waals surface area contributed by atoms with Gasteiger partial charge in [-0.25, -0.2) is 0 Å². The average Bonchev–Trinajstić information content (AvgIpc) is 2.67. The van der Waals surface area contributed by atoms with E-state index in [1.165, 1.54) is 5.56 Å². The maximum atomic E-state index is 12.7. The van der Waals surface area contributed by atoms with Gasteiger partial charge in [-0.3, -0.25) is 9.59 Å². The number of nitrogens with zero attached hydrogens (tertiary/aromatic N) is 2. The first-order valence-electron chi connectivity index (χ1n) is 9.21. The van der Waals surface area contributed by atoms with E-state index < -0.39 is 0 Å². The Labute approximate surface area is 155 Å². The molecule has 2 aromatic carbocycles. The third kappa shape index (κ3) is 3.96. The van der Waals surface area contributed by atoms with Crippen molar-refractivity contribution >= 4 is 11.8 Å². The fourth-order valence-corrected chi connectivity index (χ4v) is 3.27. The highest BCUT2D eigenvalue weighted by molar-refractivity contribution is 5.96. The number of aryl methyl sites for hydroxylation is 1. The standard InChI is InChI=1S/C22H26N2O2/c1-16(2)18-7-9-19(10-8-18)21(25)23-11-13-24(14-12-23)22(26)20-6-4-5-17(3)15-20/h4-10,15-16H,11-14H2,1-3H3. The van der Waals surface area contributed by atoms with E-state index in [0.29, 0.717) is 43.2 Å². The molecule has 1 fully saturated rings. The zero-order valence-corrected chi connectivity index (χ0v) is 15.7. The summed E-state index contributed by atoms with van der Waals surface area (Å²) in [4.78, 5) is 29.0. The predicted molar refractivity (Wildman–Crippen MR) is 104 cm³/mol. The molecule has 1 heterocycles. The molecule has 136 valence electrons. The summed E-state index contributed by atoms with van der Waals surface area (Å²) in [5.74, 6) is 0.542. The fourth-order valence-electron chi connectivity index (χ4n) is 3.27. The minimum absolute atomic E-state index is 0.0436. The van der Waals surface area contributed by atoms with E-state index in [0.717, 1.165) is 5.56 Å². The number of hydrogen-bond acceptors (Lipinski definition) is 2. The summed E-state index contributed by atoms with van der Waals surface area (Å²) < 4.78 is 0. The van der Waals surface area contributed by atoms with E-state index in [1.807, 2.05) is 65.3 Å². The van der Waals surface area contributed by atoms with Crippen molar-refractivity contribution in [2.24, 2.45) is 0 Å². The van der Waals surface area contributed by atoms with Crippen LogP contribution < -0.4 is 0 Å². The first kappa shape index (κ1) is 18.2. The lowest BCUT2D eigenvalue weighted by Gasteiger charge is -2.35. The van der Waals surface area contributed by atoms with Crippen LogP contribution in [-0.4, -0.2) is 47.8 Å². The quantitative estimate of drug-likeness (QED) is 0.846. The monoisotopic (exact) mass is 350 g/mol. The second kappa shape index (κ2) is 7.73. The van der Waals surface area contributed by atoms with E-state index in [-0.39, 0.29) is 11.8 Å². The smallest absolute Gasteiger partial charge is 0.253 e. The van der Waals surface area contributed by atoms with Gasteiger partial charge in [-0.1, -0.05) is 43.7 Å². The molecule has 0 bridgehead atoms. The number of piperazine rings is 1. The summed E-state index contributed by atoms with van der Waals surface area (Å²) in [5, 5.41) is 0. The van der Waals surface area contributed by atoms with Gasteiger partial charge in [0.05, 0.1) is 0 Å². The molecule has 0 N–H and O–H groups in total. The Balaban J connectivity index is 1.61. The maximum absolute atomic E-state index is 12.7. The summed E-state index contributed by atoms with van der Waals surface area (Å²) in [5.41, 5.74) is 3.74. The average molecular weight is 350 g/mol. The van der Waals surface area contributed by atoms with E-state index in [4.69, 9.17) is 0 Å². The Hall–Kier alpha value is -2.62. The predicted octanol–water partition coefficient (Wildman–Crippen LogP) is 3.72. The molecular formula is C22H26N2O2. The van der Waals surface area contributed by atoms with Crippen LogP contribution in [-0.2, 0) is 0 Å². The molecule has 3 rings (SSSR count). The van der Waals surface area contributed by atoms with Gasteiger partial charge in [0.1, 0.15) is 0 Å². The fraction of sp³-hybridized carbons (Fsp3) is 0.364. The first-order chi connectivity index (χ1) is 12.5. The van der Waals surface area contributed by atoms with Gasteiger partial charge in [-0.15, -0.1) is 0 Å². The Morgan fingerprint density at radius 2 is 1.35 bits per heavy atom. The van der Waals surface area contributed by atoms with Gasteiger partial charge in [0.15, 0.2) is 0 Å². The van der Waals surface area contributed by atoms with E-state index in [1.54, 1.807) is 0 Å². The molecule has 0 radical (unpaired) electrons. The normalized spacial score (nSPS) is 14.6. The van der Waals surface area contributed by atoms with Gasteiger partial charge < -0.3 is 9.80 Å². The molecule has 2 amide bonds. The Bertz CT molecular complexity index is 788. The van der Waals surface area contributed by atoms with Crippen LogP contribution in [0.5, 0.6) is 0 Å². The van der Waals surface area contributed by atoms with Crippen molar-refractivity contribution in [3.63, 3.8) is 0 Å². The first-order valence-corrected chi connectivity index (χ1v) is 9.21. The zero-order chi connectivity index (χ0) is 18.7. The maximum Gasteiger partial charge on any atom is 0.253 e. The summed E-state index contributed by atoms with van der Waals surface area (Å²) in [6.07, 6.45) is 0. The summed E-state index contributed by atoms with van der Waals surface area (Å²) in [6, 6.07) is 15.5. The Kier molecular flexibility index (Phi) is 5.40. The summed E-state index contributed by atoms with van der Waals surface area (Å²) in [7, 11) is 0. The van der Waals surface area contributed by atoms with Gasteiger partial charge >= 0.3 is 0 Å². The molecule has 1 aliphatic rings. The van der Waals surface area contributed by atoms with Crippen LogP contribution in [0.25, 0.3) is 0 Å². The SMILES string of the molecule is Cc1cccc(C(=O)N2CCN(C(=O)c3ccc(C(C)C)cc3)CC2)c1. The van der Waals surface area contributed by atoms with Gasteiger partial charge in [-0.05, 0) is 42.7 Å². The number of amides is 2. The molecule has 0 spiro atoms. The number of carbonyl (C=O) groups excluding carboxylic acids is 2. The lowest BCUT2D eigenvalue weighted by atomic mass is 10.0. The molecule has 1 aliphatic heterocycles. The molecule has 1 saturated heterocycles. The number of benzene rings is 2. The van der Waals surface area contributed by atoms with Crippen molar-refractivity contribution in [3.05, 3.63) is 70.8 Å². The molecular weight excluding hydrogens is 324 g/mol. The third-order valence-electron chi connectivity index (χ3n) is 4.94. The highest BCUT2D eigenvalue weighted by Gasteiger charge is 2.25. The second-order valence-corrected chi connectivity index (χ2v) is 7.23. The second-order valence-electron chi connectivity index (χ2n) is 7.23. The molecule has 26 heavy (non-hydrogen) atoms. The zero-order valence-electron chi connectivity index (χ0n) is 15.7. The summed E-state index contributed by atoms with van der Waals surface area (Å²) >= 11 is 0. The van der Waals surface area contributed by atoms with Crippen molar-refractivity contribution in [2.45, 2.75) is 26.7 Å². The Morgan fingerprint density at radius 3 is 1.85 bits per heavy atom. The molecule has 0 aliphatic carbocycles. The van der Waals surface area contributed by atoms with Crippen LogP contribution >= 0.6 is 0 Å². The molecule has 0 atom stereocenters. The van der Waals surface area contributed by atoms with Crippen LogP contribution in [0.3, 0.4) is 0 Å². The van der Waals surface area contributed by atoms with Crippen LogP contribution in [0.4, 0.5) is 0 Å². The van der Waals surface area contributed by atoms with Crippen molar-refractivity contribution in [1.82, 2.24) is 9.80 Å². The lowest BCUT2D eigenvalue weighted by Crippen LogP contribution is -2.50. The molecule has 2 aromatic rings. The number of carbonyl (C=O) groups is 2. The highest BCUT2D eigenvalue weighted by Crippen LogP contribution is 2.17. The third-order valence-corrected chi connectivity index (χ3v) is 4.94. The van der Waals surface area contributed by atoms with Crippen LogP contribution in [0.2, 0.25) is 0 Å². The largest absolute Gasteiger partial charge is 0.335 e. The minimum atomic E-state index is 0.0436. The van der Waals surface area contributed by atoms with Crippen molar-refractivity contribution in [1.29, 1.82) is 0 Å². The van der Waals surface area contributed by atoms with Crippen molar-refractivity contribution in [2.75, 3.05) is 26.2 Å². The van der Waals surface area contributed by atoms with Gasteiger partial charge in [0.2, 0.25) is 0 Å². The molecule has 0 unspecified atom stereocenters.